The maximum Gasteiger partial charge on any atom is 0.183 e. The Morgan fingerprint density at radius 3 is 2.65 bits per heavy atom. The van der Waals surface area contributed by atoms with Gasteiger partial charge in [-0.3, -0.25) is 4.68 Å². The van der Waals surface area contributed by atoms with E-state index in [-0.39, 0.29) is 10.8 Å². The topological polar surface area (TPSA) is 53.1 Å². The smallest absolute Gasteiger partial charge is 0.183 e. The number of aromatic nitrogens is 2. The number of ether oxygens (including phenoxy) is 1. The molecular weight excluding hydrogens is 245 g/mol. The van der Waals surface area contributed by atoms with Crippen LogP contribution in [-0.4, -0.2) is 16.9 Å². The number of hydrogen-bond acceptors (Lipinski definition) is 3. The zero-order chi connectivity index (χ0) is 12.6. The van der Waals surface area contributed by atoms with Crippen LogP contribution in [0.3, 0.4) is 0 Å². The fraction of sp³-hybridized carbons (Fsp3) is 0.182. The number of methoxy groups -OCH3 is 1. The predicted octanol–water partition coefficient (Wildman–Crippen LogP) is 2.47. The Morgan fingerprint density at radius 1 is 1.41 bits per heavy atom. The molecule has 2 rings (SSSR count). The van der Waals surface area contributed by atoms with Gasteiger partial charge >= 0.3 is 0 Å². The number of rotatable bonds is 2. The SMILES string of the molecule is COc1cc(-c2cc(N)n(C)n2)cc(Cl)c1F. The number of nitrogen functional groups attached to an aromatic ring is 1. The van der Waals surface area contributed by atoms with Crippen molar-refractivity contribution in [1.29, 1.82) is 0 Å². The summed E-state index contributed by atoms with van der Waals surface area (Å²) in [5.74, 6) is 0.0120. The Bertz CT molecular complexity index is 549. The van der Waals surface area contributed by atoms with Gasteiger partial charge in [-0.15, -0.1) is 0 Å². The van der Waals surface area contributed by atoms with Gasteiger partial charge in [-0.25, -0.2) is 4.39 Å². The highest BCUT2D eigenvalue weighted by molar-refractivity contribution is 6.31. The van der Waals surface area contributed by atoms with Crippen LogP contribution < -0.4 is 10.5 Å². The minimum Gasteiger partial charge on any atom is -0.494 e. The van der Waals surface area contributed by atoms with Crippen molar-refractivity contribution in [2.24, 2.45) is 7.05 Å². The van der Waals surface area contributed by atoms with E-state index in [1.807, 2.05) is 0 Å². The van der Waals surface area contributed by atoms with Gasteiger partial charge in [0, 0.05) is 18.7 Å². The van der Waals surface area contributed by atoms with Gasteiger partial charge in [0.05, 0.1) is 17.8 Å². The van der Waals surface area contributed by atoms with Crippen LogP contribution in [0.5, 0.6) is 5.75 Å². The van der Waals surface area contributed by atoms with Gasteiger partial charge in [-0.05, 0) is 12.1 Å². The zero-order valence-electron chi connectivity index (χ0n) is 9.37. The van der Waals surface area contributed by atoms with Crippen LogP contribution in [0.2, 0.25) is 5.02 Å². The number of hydrogen-bond donors (Lipinski definition) is 1. The summed E-state index contributed by atoms with van der Waals surface area (Å²) < 4.78 is 19.9. The van der Waals surface area contributed by atoms with Gasteiger partial charge in [0.15, 0.2) is 11.6 Å². The van der Waals surface area contributed by atoms with E-state index >= 15 is 0 Å². The Labute approximate surface area is 103 Å². The molecule has 0 unspecified atom stereocenters. The minimum atomic E-state index is -0.582. The van der Waals surface area contributed by atoms with Gasteiger partial charge in [0.2, 0.25) is 0 Å². The van der Waals surface area contributed by atoms with Gasteiger partial charge in [-0.1, -0.05) is 11.6 Å². The van der Waals surface area contributed by atoms with E-state index in [4.69, 9.17) is 22.1 Å². The molecule has 0 amide bonds. The molecule has 1 aromatic carbocycles. The summed E-state index contributed by atoms with van der Waals surface area (Å²) in [5, 5.41) is 4.17. The second kappa shape index (κ2) is 4.25. The molecule has 0 aliphatic carbocycles. The van der Waals surface area contributed by atoms with E-state index in [9.17, 15) is 4.39 Å². The lowest BCUT2D eigenvalue weighted by Gasteiger charge is -2.05. The predicted molar refractivity (Wildman–Crippen MR) is 64.6 cm³/mol. The van der Waals surface area contributed by atoms with Gasteiger partial charge in [-0.2, -0.15) is 5.10 Å². The molecule has 0 bridgehead atoms. The fourth-order valence-electron chi connectivity index (χ4n) is 1.48. The van der Waals surface area contributed by atoms with Crippen molar-refractivity contribution in [1.82, 2.24) is 9.78 Å². The summed E-state index contributed by atoms with van der Waals surface area (Å²) in [6.07, 6.45) is 0. The summed E-state index contributed by atoms with van der Waals surface area (Å²) in [6, 6.07) is 4.70. The molecular formula is C11H11ClFN3O. The molecule has 0 fully saturated rings. The molecule has 1 heterocycles. The Morgan fingerprint density at radius 2 is 2.12 bits per heavy atom. The number of anilines is 1. The molecule has 17 heavy (non-hydrogen) atoms. The molecule has 6 heteroatoms. The van der Waals surface area contributed by atoms with Crippen LogP contribution in [0.15, 0.2) is 18.2 Å². The van der Waals surface area contributed by atoms with Gasteiger partial charge in [0.25, 0.3) is 0 Å². The summed E-state index contributed by atoms with van der Waals surface area (Å²) in [4.78, 5) is 0. The average molecular weight is 256 g/mol. The van der Waals surface area contributed by atoms with Crippen LogP contribution >= 0.6 is 11.6 Å². The third-order valence-corrected chi connectivity index (χ3v) is 2.70. The summed E-state index contributed by atoms with van der Waals surface area (Å²) in [6.45, 7) is 0. The standard InChI is InChI=1S/C11H11ClFN3O/c1-16-10(14)5-8(15-16)6-3-7(12)11(13)9(4-6)17-2/h3-5H,14H2,1-2H3. The van der Waals surface area contributed by atoms with Crippen molar-refractivity contribution < 1.29 is 9.13 Å². The van der Waals surface area contributed by atoms with Crippen molar-refractivity contribution in [2.45, 2.75) is 0 Å². The third-order valence-electron chi connectivity index (χ3n) is 2.43. The Kier molecular flexibility index (Phi) is 2.93. The lowest BCUT2D eigenvalue weighted by molar-refractivity contribution is 0.387. The van der Waals surface area contributed by atoms with Crippen LogP contribution in [0.1, 0.15) is 0 Å². The highest BCUT2D eigenvalue weighted by Gasteiger charge is 2.13. The molecule has 0 aliphatic heterocycles. The Balaban J connectivity index is 2.56. The number of benzene rings is 1. The summed E-state index contributed by atoms with van der Waals surface area (Å²) in [5.41, 5.74) is 6.95. The zero-order valence-corrected chi connectivity index (χ0v) is 10.1. The van der Waals surface area contributed by atoms with E-state index < -0.39 is 5.82 Å². The molecule has 0 radical (unpaired) electrons. The van der Waals surface area contributed by atoms with E-state index in [2.05, 4.69) is 5.10 Å². The highest BCUT2D eigenvalue weighted by atomic mass is 35.5. The van der Waals surface area contributed by atoms with E-state index in [1.165, 1.54) is 23.9 Å². The molecule has 0 saturated heterocycles. The van der Waals surface area contributed by atoms with Crippen LogP contribution in [-0.2, 0) is 7.05 Å². The van der Waals surface area contributed by atoms with E-state index in [0.717, 1.165) is 0 Å². The largest absolute Gasteiger partial charge is 0.494 e. The second-order valence-electron chi connectivity index (χ2n) is 3.55. The normalized spacial score (nSPS) is 10.6. The highest BCUT2D eigenvalue weighted by Crippen LogP contribution is 2.31. The van der Waals surface area contributed by atoms with Crippen molar-refractivity contribution in [2.75, 3.05) is 12.8 Å². The van der Waals surface area contributed by atoms with Crippen LogP contribution in [0.4, 0.5) is 10.2 Å². The molecule has 2 aromatic rings. The van der Waals surface area contributed by atoms with Crippen LogP contribution in [0.25, 0.3) is 11.3 Å². The number of nitrogens with zero attached hydrogens (tertiary/aromatic N) is 2. The van der Waals surface area contributed by atoms with Crippen molar-refractivity contribution in [3.8, 4) is 17.0 Å². The molecule has 4 nitrogen and oxygen atoms in total. The maximum absolute atomic E-state index is 13.5. The number of aryl methyl sites for hydroxylation is 1. The first-order valence-electron chi connectivity index (χ1n) is 4.86. The quantitative estimate of drug-likeness (QED) is 0.897. The fourth-order valence-corrected chi connectivity index (χ4v) is 1.69. The van der Waals surface area contributed by atoms with E-state index in [0.29, 0.717) is 17.1 Å². The molecule has 0 saturated carbocycles. The maximum atomic E-state index is 13.5. The monoisotopic (exact) mass is 255 g/mol. The lowest BCUT2D eigenvalue weighted by Crippen LogP contribution is -1.96. The average Bonchev–Trinajstić information content (AvgIpc) is 2.63. The van der Waals surface area contributed by atoms with Crippen molar-refractivity contribution in [3.63, 3.8) is 0 Å². The molecule has 0 atom stereocenters. The minimum absolute atomic E-state index is 0.0106. The van der Waals surface area contributed by atoms with Gasteiger partial charge in [0.1, 0.15) is 5.82 Å². The first kappa shape index (κ1) is 11.7. The van der Waals surface area contributed by atoms with Gasteiger partial charge < -0.3 is 10.5 Å². The van der Waals surface area contributed by atoms with Crippen LogP contribution in [0, 0.1) is 5.82 Å². The van der Waals surface area contributed by atoms with Crippen molar-refractivity contribution >= 4 is 17.4 Å². The first-order chi connectivity index (χ1) is 8.02. The summed E-state index contributed by atoms with van der Waals surface area (Å²) >= 11 is 5.77. The summed E-state index contributed by atoms with van der Waals surface area (Å²) in [7, 11) is 3.10. The van der Waals surface area contributed by atoms with Crippen molar-refractivity contribution in [3.05, 3.63) is 29.0 Å². The van der Waals surface area contributed by atoms with E-state index in [1.54, 1.807) is 13.1 Å². The molecule has 0 aliphatic rings. The molecule has 1 aromatic heterocycles. The Hall–Kier alpha value is -1.75. The molecule has 2 N–H and O–H groups in total. The number of nitrogens with two attached hydrogens (primary N) is 1. The first-order valence-corrected chi connectivity index (χ1v) is 5.23. The molecule has 0 spiro atoms. The molecule has 90 valence electrons. The third kappa shape index (κ3) is 2.06. The lowest BCUT2D eigenvalue weighted by atomic mass is 10.1. The second-order valence-corrected chi connectivity index (χ2v) is 3.96. The number of halogens is 2.